The van der Waals surface area contributed by atoms with E-state index in [0.29, 0.717) is 11.6 Å². The summed E-state index contributed by atoms with van der Waals surface area (Å²) in [7, 11) is 0. The van der Waals surface area contributed by atoms with E-state index in [1.165, 1.54) is 12.2 Å². The van der Waals surface area contributed by atoms with Crippen molar-refractivity contribution in [2.45, 2.75) is 68.8 Å². The molecule has 226 valence electrons. The van der Waals surface area contributed by atoms with Crippen LogP contribution in [0.25, 0.3) is 11.6 Å². The number of fused-ring (bicyclic) bond motifs is 5. The lowest BCUT2D eigenvalue weighted by Gasteiger charge is -2.31. The summed E-state index contributed by atoms with van der Waals surface area (Å²) >= 11 is 0.734. The molecular formula is C27H26F6N4O4S. The second-order valence-electron chi connectivity index (χ2n) is 10.2. The first-order valence-electron chi connectivity index (χ1n) is 12.6. The third kappa shape index (κ3) is 7.24. The molecule has 0 aliphatic carbocycles. The van der Waals surface area contributed by atoms with Crippen molar-refractivity contribution in [1.29, 1.82) is 0 Å². The van der Waals surface area contributed by atoms with Gasteiger partial charge in [0.25, 0.3) is 11.8 Å². The normalized spacial score (nSPS) is 18.8. The Hall–Kier alpha value is -3.59. The second kappa shape index (κ2) is 12.0. The van der Waals surface area contributed by atoms with E-state index < -0.39 is 76.4 Å². The third-order valence-corrected chi connectivity index (χ3v) is 6.81. The van der Waals surface area contributed by atoms with Gasteiger partial charge in [-0.05, 0) is 38.8 Å². The molecule has 0 saturated heterocycles. The highest BCUT2D eigenvalue weighted by atomic mass is 32.2. The number of carbonyl (C=O) groups is 1. The Morgan fingerprint density at radius 2 is 1.79 bits per heavy atom. The number of nitrogens with one attached hydrogen (secondary N) is 1. The topological polar surface area (TPSA) is 99.4 Å². The average Bonchev–Trinajstić information content (AvgIpc) is 3.36. The summed E-state index contributed by atoms with van der Waals surface area (Å²) in [4.78, 5) is 16.5. The van der Waals surface area contributed by atoms with Gasteiger partial charge in [0.05, 0.1) is 17.9 Å². The van der Waals surface area contributed by atoms with Crippen LogP contribution in [0.5, 0.6) is 0 Å². The van der Waals surface area contributed by atoms with E-state index in [0.717, 1.165) is 11.8 Å². The van der Waals surface area contributed by atoms with E-state index in [1.54, 1.807) is 51.1 Å². The Bertz CT molecular complexity index is 1440. The zero-order valence-corrected chi connectivity index (χ0v) is 23.4. The molecule has 1 aliphatic heterocycles. The number of nitrogens with zero attached hydrogens (tertiary/aromatic N) is 3. The Balaban J connectivity index is 1.87. The summed E-state index contributed by atoms with van der Waals surface area (Å²) in [6, 6.07) is 8.74. The van der Waals surface area contributed by atoms with Crippen LogP contribution in [0, 0.1) is 0 Å². The molecule has 1 atom stereocenters. The molecule has 1 N–H and O–H groups in total. The van der Waals surface area contributed by atoms with Gasteiger partial charge in [0.15, 0.2) is 5.69 Å². The van der Waals surface area contributed by atoms with Crippen LogP contribution in [0.15, 0.2) is 58.0 Å². The molecule has 1 aromatic carbocycles. The number of anilines is 1. The van der Waals surface area contributed by atoms with E-state index in [9.17, 15) is 31.1 Å². The van der Waals surface area contributed by atoms with Gasteiger partial charge in [0.2, 0.25) is 5.60 Å². The number of amides is 1. The molecule has 1 amide bonds. The monoisotopic (exact) mass is 616 g/mol. The lowest BCUT2D eigenvalue weighted by atomic mass is 9.97. The maximum absolute atomic E-state index is 14.8. The van der Waals surface area contributed by atoms with Gasteiger partial charge in [-0.25, -0.2) is 9.78 Å². The second-order valence-corrected chi connectivity index (χ2v) is 11.3. The quantitative estimate of drug-likeness (QED) is 0.233. The molecule has 0 spiro atoms. The minimum Gasteiger partial charge on any atom is -0.444 e. The largest absolute Gasteiger partial charge is 0.444 e. The molecule has 42 heavy (non-hydrogen) atoms. The van der Waals surface area contributed by atoms with Gasteiger partial charge in [-0.15, -0.1) is 22.0 Å². The Morgan fingerprint density at radius 1 is 1.07 bits per heavy atom. The Morgan fingerprint density at radius 3 is 2.43 bits per heavy atom. The van der Waals surface area contributed by atoms with Crippen LogP contribution in [0.3, 0.4) is 0 Å². The molecule has 1 unspecified atom stereocenters. The number of hydrogen-bond donors (Lipinski definition) is 1. The maximum atomic E-state index is 14.8. The molecule has 0 saturated carbocycles. The summed E-state index contributed by atoms with van der Waals surface area (Å²) < 4.78 is 102. The molecule has 15 heteroatoms. The summed E-state index contributed by atoms with van der Waals surface area (Å²) in [5.41, 5.74) is -5.85. The van der Waals surface area contributed by atoms with Gasteiger partial charge >= 0.3 is 18.4 Å². The molecule has 2 aromatic heterocycles. The van der Waals surface area contributed by atoms with Crippen molar-refractivity contribution in [3.63, 3.8) is 0 Å². The number of allylic oxidation sites excluding steroid dienone is 1. The summed E-state index contributed by atoms with van der Waals surface area (Å²) in [6.45, 7) is 4.16. The highest BCUT2D eigenvalue weighted by molar-refractivity contribution is 7.99. The molecule has 4 rings (SSSR count). The van der Waals surface area contributed by atoms with Crippen molar-refractivity contribution in [3.8, 4) is 11.6 Å². The van der Waals surface area contributed by atoms with Crippen LogP contribution in [0.2, 0.25) is 0 Å². The first-order chi connectivity index (χ1) is 19.6. The van der Waals surface area contributed by atoms with Crippen LogP contribution in [-0.2, 0) is 27.9 Å². The number of alkyl halides is 6. The fraction of sp³-hybridized carbons (Fsp3) is 0.407. The first kappa shape index (κ1) is 31.3. The number of benzene rings is 1. The van der Waals surface area contributed by atoms with Crippen LogP contribution in [0.4, 0.5) is 36.8 Å². The van der Waals surface area contributed by atoms with E-state index in [-0.39, 0.29) is 12.2 Å². The molecular weight excluding hydrogens is 590 g/mol. The van der Waals surface area contributed by atoms with Crippen LogP contribution in [-0.4, -0.2) is 38.8 Å². The number of aromatic nitrogens is 3. The van der Waals surface area contributed by atoms with Gasteiger partial charge in [0.1, 0.15) is 10.6 Å². The van der Waals surface area contributed by atoms with Crippen molar-refractivity contribution in [3.05, 3.63) is 65.6 Å². The van der Waals surface area contributed by atoms with Gasteiger partial charge < -0.3 is 13.9 Å². The lowest BCUT2D eigenvalue weighted by Crippen LogP contribution is -2.45. The van der Waals surface area contributed by atoms with Gasteiger partial charge in [-0.3, -0.25) is 5.32 Å². The van der Waals surface area contributed by atoms with Gasteiger partial charge in [0, 0.05) is 12.2 Å². The average molecular weight is 617 g/mol. The molecule has 0 radical (unpaired) electrons. The van der Waals surface area contributed by atoms with Crippen molar-refractivity contribution in [2.24, 2.45) is 0 Å². The van der Waals surface area contributed by atoms with Crippen molar-refractivity contribution < 1.29 is 45.0 Å². The molecule has 4 bridgehead atoms. The number of rotatable bonds is 4. The standard InChI is InChI=1S/C27H26F6N4O4S/c1-24(2,3)41-23(38)34-18-14-17(26(28,29)30)21-35-19(18)20-36-37-22(40-20)25(27(31,32)33,12-8-5-9-13-42-21)39-15-16-10-6-4-7-11-16/h4-8,10-11,14H,9,12-13,15H2,1-3H3,(H,34,38)/b8-5+. The summed E-state index contributed by atoms with van der Waals surface area (Å²) in [5, 5.41) is 9.01. The fourth-order valence-corrected chi connectivity index (χ4v) is 4.80. The van der Waals surface area contributed by atoms with Crippen molar-refractivity contribution >= 4 is 23.5 Å². The molecule has 3 heterocycles. The third-order valence-electron chi connectivity index (χ3n) is 5.78. The SMILES string of the molecule is CC(C)(C)OC(=O)Nc1cc(C(F)(F)F)c2nc1-c1nnc(o1)C(OCc1ccccc1)(C(F)(F)F)C/C=C/CCS2. The lowest BCUT2D eigenvalue weighted by molar-refractivity contribution is -0.295. The smallest absolute Gasteiger partial charge is 0.426 e. The van der Waals surface area contributed by atoms with E-state index in [4.69, 9.17) is 13.9 Å². The number of thioether (sulfide) groups is 1. The molecule has 0 fully saturated rings. The predicted molar refractivity (Wildman–Crippen MR) is 140 cm³/mol. The highest BCUT2D eigenvalue weighted by Crippen LogP contribution is 2.47. The van der Waals surface area contributed by atoms with Gasteiger partial charge in [-0.1, -0.05) is 42.5 Å². The van der Waals surface area contributed by atoms with Crippen molar-refractivity contribution in [1.82, 2.24) is 15.2 Å². The van der Waals surface area contributed by atoms with E-state index in [2.05, 4.69) is 20.5 Å². The summed E-state index contributed by atoms with van der Waals surface area (Å²) in [5.74, 6) is -1.58. The number of hydrogen-bond acceptors (Lipinski definition) is 8. The number of carbonyl (C=O) groups excluding carboxylic acids is 1. The maximum Gasteiger partial charge on any atom is 0.426 e. The van der Waals surface area contributed by atoms with Crippen LogP contribution >= 0.6 is 11.8 Å². The minimum absolute atomic E-state index is 0.0586. The number of pyridine rings is 1. The van der Waals surface area contributed by atoms with Gasteiger partial charge in [-0.2, -0.15) is 26.3 Å². The minimum atomic E-state index is -5.05. The fourth-order valence-electron chi connectivity index (χ4n) is 3.86. The van der Waals surface area contributed by atoms with Crippen LogP contribution < -0.4 is 5.32 Å². The molecule has 3 aromatic rings. The Labute approximate surface area is 240 Å². The zero-order valence-electron chi connectivity index (χ0n) is 22.6. The molecule has 8 nitrogen and oxygen atoms in total. The van der Waals surface area contributed by atoms with Crippen molar-refractivity contribution in [2.75, 3.05) is 11.1 Å². The number of ether oxygens (including phenoxy) is 2. The first-order valence-corrected chi connectivity index (χ1v) is 13.6. The van der Waals surface area contributed by atoms with E-state index >= 15 is 0 Å². The highest BCUT2D eigenvalue weighted by Gasteiger charge is 2.61. The van der Waals surface area contributed by atoms with E-state index in [1.807, 2.05) is 0 Å². The Kier molecular flexibility index (Phi) is 8.92. The number of halogens is 6. The summed E-state index contributed by atoms with van der Waals surface area (Å²) in [6.07, 6.45) is -9.07. The predicted octanol–water partition coefficient (Wildman–Crippen LogP) is 7.91. The molecule has 1 aliphatic rings. The van der Waals surface area contributed by atoms with Crippen LogP contribution in [0.1, 0.15) is 50.6 Å². The zero-order chi connectivity index (χ0) is 30.8.